The summed E-state index contributed by atoms with van der Waals surface area (Å²) in [7, 11) is 1.59. The summed E-state index contributed by atoms with van der Waals surface area (Å²) in [6.07, 6.45) is 0.287. The lowest BCUT2D eigenvalue weighted by atomic mass is 10.1. The number of methoxy groups -OCH3 is 1. The minimum atomic E-state index is -0.959. The van der Waals surface area contributed by atoms with Gasteiger partial charge >= 0.3 is 12.0 Å². The Labute approximate surface area is 220 Å². The molecule has 1 heterocycles. The average Bonchev–Trinajstić information content (AvgIpc) is 3.16. The molecule has 0 spiro atoms. The number of rotatable bonds is 10. The lowest BCUT2D eigenvalue weighted by Crippen LogP contribution is -2.39. The Morgan fingerprint density at radius 1 is 0.921 bits per heavy atom. The van der Waals surface area contributed by atoms with Crippen LogP contribution in [0, 0.1) is 0 Å². The van der Waals surface area contributed by atoms with E-state index < -0.39 is 29.9 Å². The minimum Gasteiger partial charge on any atom is -0.497 e. The largest absolute Gasteiger partial charge is 0.497 e. The van der Waals surface area contributed by atoms with Crippen LogP contribution >= 0.6 is 0 Å². The van der Waals surface area contributed by atoms with E-state index in [1.54, 1.807) is 68.6 Å². The number of anilines is 2. The van der Waals surface area contributed by atoms with Crippen LogP contribution in [0.4, 0.5) is 16.2 Å². The van der Waals surface area contributed by atoms with Gasteiger partial charge in [0.05, 0.1) is 31.4 Å². The van der Waals surface area contributed by atoms with Crippen LogP contribution in [0.3, 0.4) is 0 Å². The molecule has 1 fully saturated rings. The van der Waals surface area contributed by atoms with E-state index in [-0.39, 0.29) is 19.6 Å². The van der Waals surface area contributed by atoms with Gasteiger partial charge in [-0.1, -0.05) is 30.3 Å². The zero-order valence-electron chi connectivity index (χ0n) is 21.3. The Morgan fingerprint density at radius 2 is 1.61 bits per heavy atom. The first kappa shape index (κ1) is 26.4. The maximum absolute atomic E-state index is 13.4. The van der Waals surface area contributed by atoms with Crippen molar-refractivity contribution in [1.82, 2.24) is 4.90 Å². The van der Waals surface area contributed by atoms with E-state index in [0.29, 0.717) is 23.4 Å². The third-order valence-electron chi connectivity index (χ3n) is 6.19. The van der Waals surface area contributed by atoms with E-state index in [1.807, 2.05) is 24.3 Å². The molecule has 0 radical (unpaired) electrons. The third kappa shape index (κ3) is 6.00. The van der Waals surface area contributed by atoms with Crippen LogP contribution in [0.2, 0.25) is 0 Å². The Bertz CT molecular complexity index is 1290. The highest BCUT2D eigenvalue weighted by atomic mass is 16.5. The highest BCUT2D eigenvalue weighted by molar-refractivity contribution is 6.22. The Kier molecular flexibility index (Phi) is 8.37. The molecule has 3 aromatic carbocycles. The molecule has 0 aliphatic carbocycles. The Morgan fingerprint density at radius 3 is 2.24 bits per heavy atom. The van der Waals surface area contributed by atoms with Gasteiger partial charge in [-0.25, -0.2) is 14.5 Å². The van der Waals surface area contributed by atoms with Crippen LogP contribution in [0.5, 0.6) is 5.75 Å². The Balaban J connectivity index is 1.49. The van der Waals surface area contributed by atoms with Crippen molar-refractivity contribution in [1.29, 1.82) is 0 Å². The van der Waals surface area contributed by atoms with Crippen LogP contribution in [-0.2, 0) is 20.7 Å². The standard InChI is InChI=1S/C29H29N3O6/c1-3-38-28(35)21-11-13-22(14-12-21)30-26(33)19-25-27(34)32(23-7-5-4-6-8-23)29(36)31(25)18-17-20-9-15-24(37-2)16-10-20/h4-16,25H,3,17-19H2,1-2H3,(H,30,33)/t25-/m1/s1. The normalized spacial score (nSPS) is 14.9. The van der Waals surface area contributed by atoms with Crippen molar-refractivity contribution in [3.05, 3.63) is 90.0 Å². The molecule has 1 N–H and O–H groups in total. The fraction of sp³-hybridized carbons (Fsp3) is 0.241. The number of para-hydroxylation sites is 1. The van der Waals surface area contributed by atoms with Gasteiger partial charge in [-0.15, -0.1) is 0 Å². The number of imide groups is 1. The van der Waals surface area contributed by atoms with E-state index in [0.717, 1.165) is 16.2 Å². The second-order valence-corrected chi connectivity index (χ2v) is 8.65. The molecule has 0 saturated carbocycles. The molecule has 1 aliphatic rings. The number of urea groups is 1. The fourth-order valence-electron chi connectivity index (χ4n) is 4.24. The summed E-state index contributed by atoms with van der Waals surface area (Å²) in [5.41, 5.74) is 2.25. The quantitative estimate of drug-likeness (QED) is 0.319. The molecule has 1 aliphatic heterocycles. The maximum atomic E-state index is 13.4. The van der Waals surface area contributed by atoms with Gasteiger partial charge in [0.15, 0.2) is 0 Å². The van der Waals surface area contributed by atoms with E-state index in [4.69, 9.17) is 9.47 Å². The first-order valence-corrected chi connectivity index (χ1v) is 12.3. The molecule has 0 aromatic heterocycles. The molecule has 3 aromatic rings. The number of hydrogen-bond donors (Lipinski definition) is 1. The summed E-state index contributed by atoms with van der Waals surface area (Å²) in [6.45, 7) is 2.24. The number of nitrogens with one attached hydrogen (secondary N) is 1. The molecular formula is C29H29N3O6. The van der Waals surface area contributed by atoms with E-state index in [9.17, 15) is 19.2 Å². The first-order chi connectivity index (χ1) is 18.4. The molecule has 4 rings (SSSR count). The predicted octanol–water partition coefficient (Wildman–Crippen LogP) is 4.28. The van der Waals surface area contributed by atoms with Crippen LogP contribution in [0.15, 0.2) is 78.9 Å². The molecule has 38 heavy (non-hydrogen) atoms. The zero-order valence-corrected chi connectivity index (χ0v) is 21.3. The van der Waals surface area contributed by atoms with Crippen molar-refractivity contribution in [3.63, 3.8) is 0 Å². The van der Waals surface area contributed by atoms with Gasteiger partial charge in [0.25, 0.3) is 5.91 Å². The number of benzene rings is 3. The second kappa shape index (κ2) is 12.1. The zero-order chi connectivity index (χ0) is 27.1. The van der Waals surface area contributed by atoms with Crippen molar-refractivity contribution in [3.8, 4) is 5.75 Å². The van der Waals surface area contributed by atoms with Crippen molar-refractivity contribution in [2.24, 2.45) is 0 Å². The molecule has 1 saturated heterocycles. The molecule has 4 amide bonds. The predicted molar refractivity (Wildman–Crippen MR) is 142 cm³/mol. The average molecular weight is 516 g/mol. The highest BCUT2D eigenvalue weighted by Crippen LogP contribution is 2.27. The van der Waals surface area contributed by atoms with E-state index >= 15 is 0 Å². The van der Waals surface area contributed by atoms with Crippen LogP contribution in [0.1, 0.15) is 29.3 Å². The molecule has 0 bridgehead atoms. The summed E-state index contributed by atoms with van der Waals surface area (Å²) < 4.78 is 10.2. The van der Waals surface area contributed by atoms with Gasteiger partial charge in [0, 0.05) is 12.2 Å². The molecular weight excluding hydrogens is 486 g/mol. The SMILES string of the molecule is CCOC(=O)c1ccc(NC(=O)C[C@@H]2C(=O)N(c3ccccc3)C(=O)N2CCc2ccc(OC)cc2)cc1. The smallest absolute Gasteiger partial charge is 0.338 e. The number of carbonyl (C=O) groups excluding carboxylic acids is 4. The number of esters is 1. The number of carbonyl (C=O) groups is 4. The number of nitrogens with zero attached hydrogens (tertiary/aromatic N) is 2. The molecule has 9 heteroatoms. The first-order valence-electron chi connectivity index (χ1n) is 12.3. The number of hydrogen-bond acceptors (Lipinski definition) is 6. The van der Waals surface area contributed by atoms with Crippen molar-refractivity contribution < 1.29 is 28.7 Å². The Hall–Kier alpha value is -4.66. The van der Waals surface area contributed by atoms with Crippen LogP contribution < -0.4 is 15.0 Å². The highest BCUT2D eigenvalue weighted by Gasteiger charge is 2.46. The van der Waals surface area contributed by atoms with Crippen LogP contribution in [0.25, 0.3) is 0 Å². The third-order valence-corrected chi connectivity index (χ3v) is 6.19. The van der Waals surface area contributed by atoms with Crippen molar-refractivity contribution in [2.45, 2.75) is 25.8 Å². The van der Waals surface area contributed by atoms with Crippen molar-refractivity contribution >= 4 is 35.2 Å². The van der Waals surface area contributed by atoms with Gasteiger partial charge in [-0.3, -0.25) is 9.59 Å². The topological polar surface area (TPSA) is 105 Å². The number of ether oxygens (including phenoxy) is 2. The molecule has 196 valence electrons. The molecule has 1 atom stereocenters. The summed E-state index contributed by atoms with van der Waals surface area (Å²) in [4.78, 5) is 54.2. The summed E-state index contributed by atoms with van der Waals surface area (Å²) >= 11 is 0. The minimum absolute atomic E-state index is 0.212. The van der Waals surface area contributed by atoms with E-state index in [1.165, 1.54) is 4.90 Å². The fourth-order valence-corrected chi connectivity index (χ4v) is 4.24. The van der Waals surface area contributed by atoms with Gasteiger partial charge < -0.3 is 19.7 Å². The summed E-state index contributed by atoms with van der Waals surface area (Å²) in [6, 6.07) is 21.0. The molecule has 0 unspecified atom stereocenters. The van der Waals surface area contributed by atoms with Crippen molar-refractivity contribution in [2.75, 3.05) is 30.5 Å². The molecule has 9 nitrogen and oxygen atoms in total. The summed E-state index contributed by atoms with van der Waals surface area (Å²) in [5, 5.41) is 2.75. The van der Waals surface area contributed by atoms with Gasteiger partial charge in [0.2, 0.25) is 5.91 Å². The second-order valence-electron chi connectivity index (χ2n) is 8.65. The lowest BCUT2D eigenvalue weighted by Gasteiger charge is -2.21. The summed E-state index contributed by atoms with van der Waals surface area (Å²) in [5.74, 6) is -0.608. The van der Waals surface area contributed by atoms with Gasteiger partial charge in [-0.05, 0) is 67.4 Å². The lowest BCUT2D eigenvalue weighted by molar-refractivity contribution is -0.124. The van der Waals surface area contributed by atoms with Gasteiger partial charge in [0.1, 0.15) is 11.8 Å². The van der Waals surface area contributed by atoms with Gasteiger partial charge in [-0.2, -0.15) is 0 Å². The maximum Gasteiger partial charge on any atom is 0.338 e. The van der Waals surface area contributed by atoms with E-state index in [2.05, 4.69) is 5.32 Å². The monoisotopic (exact) mass is 515 g/mol. The van der Waals surface area contributed by atoms with Crippen LogP contribution in [-0.4, -0.2) is 55.0 Å². The number of amides is 4.